The highest BCUT2D eigenvalue weighted by molar-refractivity contribution is 5.92. The molecule has 1 aromatic rings. The van der Waals surface area contributed by atoms with Crippen LogP contribution in [0, 0.1) is 0 Å². The minimum absolute atomic E-state index is 0.121. The van der Waals surface area contributed by atoms with Gasteiger partial charge in [0.25, 0.3) is 0 Å². The van der Waals surface area contributed by atoms with E-state index in [1.54, 1.807) is 35.2 Å². The van der Waals surface area contributed by atoms with Gasteiger partial charge < -0.3 is 30.5 Å². The molecule has 0 spiro atoms. The van der Waals surface area contributed by atoms with Gasteiger partial charge in [0.05, 0.1) is 6.54 Å². The van der Waals surface area contributed by atoms with Gasteiger partial charge in [-0.1, -0.05) is 13.8 Å². The van der Waals surface area contributed by atoms with Gasteiger partial charge in [-0.2, -0.15) is 0 Å². The van der Waals surface area contributed by atoms with Crippen molar-refractivity contribution in [2.75, 3.05) is 31.6 Å². The molecule has 1 aliphatic rings. The molecule has 1 atom stereocenters. The van der Waals surface area contributed by atoms with Crippen LogP contribution in [0.4, 0.5) is 5.69 Å². The summed E-state index contributed by atoms with van der Waals surface area (Å²) in [4.78, 5) is 13.6. The number of ether oxygens (including phenoxy) is 1. The Balaban J connectivity index is 1.73. The van der Waals surface area contributed by atoms with Crippen LogP contribution < -0.4 is 15.4 Å². The second kappa shape index (κ2) is 9.29. The highest BCUT2D eigenvalue weighted by Gasteiger charge is 2.17. The van der Waals surface area contributed by atoms with Crippen LogP contribution >= 0.6 is 0 Å². The Morgan fingerprint density at radius 1 is 1.32 bits per heavy atom. The van der Waals surface area contributed by atoms with Gasteiger partial charge in [0, 0.05) is 24.8 Å². The molecule has 0 saturated carbocycles. The summed E-state index contributed by atoms with van der Waals surface area (Å²) in [7, 11) is 0. The number of amides is 1. The first-order valence-corrected chi connectivity index (χ1v) is 8.52. The Kier molecular flexibility index (Phi) is 7.09. The molecule has 0 saturated heterocycles. The molecule has 2 rings (SSSR count). The number of hydrogen-bond acceptors (Lipinski definition) is 6. The quantitative estimate of drug-likeness (QED) is 0.539. The lowest BCUT2D eigenvalue weighted by Crippen LogP contribution is -2.35. The van der Waals surface area contributed by atoms with Crippen LogP contribution in [0.2, 0.25) is 0 Å². The van der Waals surface area contributed by atoms with E-state index >= 15 is 0 Å². The van der Waals surface area contributed by atoms with E-state index in [-0.39, 0.29) is 24.9 Å². The molecule has 0 aliphatic carbocycles. The molecular weight excluding hydrogens is 322 g/mol. The van der Waals surface area contributed by atoms with Gasteiger partial charge in [-0.25, -0.2) is 0 Å². The predicted molar refractivity (Wildman–Crippen MR) is 96.6 cm³/mol. The molecule has 1 aromatic carbocycles. The average molecular weight is 349 g/mol. The summed E-state index contributed by atoms with van der Waals surface area (Å²) in [5.74, 6) is 0.594. The lowest BCUT2D eigenvalue weighted by atomic mass is 10.3. The van der Waals surface area contributed by atoms with Crippen LogP contribution in [-0.4, -0.2) is 59.4 Å². The Bertz CT molecular complexity index is 586. The number of anilines is 1. The van der Waals surface area contributed by atoms with E-state index in [1.807, 2.05) is 13.8 Å². The van der Waals surface area contributed by atoms with Crippen LogP contribution in [0.1, 0.15) is 20.3 Å². The van der Waals surface area contributed by atoms with Crippen LogP contribution in [-0.2, 0) is 4.79 Å². The Morgan fingerprint density at radius 2 is 2.04 bits per heavy atom. The van der Waals surface area contributed by atoms with Crippen LogP contribution in [0.15, 0.2) is 36.2 Å². The first kappa shape index (κ1) is 19.1. The maximum atomic E-state index is 12.0. The summed E-state index contributed by atoms with van der Waals surface area (Å²) in [6.45, 7) is 5.48. The van der Waals surface area contributed by atoms with Crippen molar-refractivity contribution in [2.45, 2.75) is 32.4 Å². The van der Waals surface area contributed by atoms with E-state index in [0.29, 0.717) is 30.6 Å². The number of rotatable bonds is 9. The molecule has 7 heteroatoms. The molecule has 1 unspecified atom stereocenters. The zero-order valence-corrected chi connectivity index (χ0v) is 14.7. The average Bonchev–Trinajstić information content (AvgIpc) is 2.97. The number of aliphatic hydroxyl groups is 2. The minimum Gasteiger partial charge on any atom is -0.495 e. The number of nitrogens with zero attached hydrogens (tertiary/aromatic N) is 1. The number of benzene rings is 1. The molecular formula is C18H27N3O4. The topological polar surface area (TPSA) is 94.1 Å². The summed E-state index contributed by atoms with van der Waals surface area (Å²) in [5, 5.41) is 25.3. The summed E-state index contributed by atoms with van der Waals surface area (Å²) >= 11 is 0. The molecule has 138 valence electrons. The molecule has 0 bridgehead atoms. The Hall–Kier alpha value is -2.25. The number of nitrogens with one attached hydrogen (secondary N) is 2. The molecule has 0 fully saturated rings. The molecule has 1 aliphatic heterocycles. The maximum absolute atomic E-state index is 12.0. The van der Waals surface area contributed by atoms with Gasteiger partial charge in [-0.15, -0.1) is 0 Å². The van der Waals surface area contributed by atoms with Gasteiger partial charge >= 0.3 is 0 Å². The number of carbonyl (C=O) groups is 1. The van der Waals surface area contributed by atoms with E-state index in [0.717, 1.165) is 6.42 Å². The normalized spacial score (nSPS) is 15.2. The zero-order valence-electron chi connectivity index (χ0n) is 14.7. The van der Waals surface area contributed by atoms with Gasteiger partial charge in [0.2, 0.25) is 5.91 Å². The van der Waals surface area contributed by atoms with Crippen molar-refractivity contribution in [1.82, 2.24) is 10.2 Å². The molecule has 1 amide bonds. The van der Waals surface area contributed by atoms with Crippen LogP contribution in [0.25, 0.3) is 0 Å². The van der Waals surface area contributed by atoms with Crippen molar-refractivity contribution >= 4 is 11.6 Å². The fraction of sp³-hybridized carbons (Fsp3) is 0.500. The largest absolute Gasteiger partial charge is 0.495 e. The predicted octanol–water partition coefficient (Wildman–Crippen LogP) is 1.47. The SMILES string of the molecule is CC(C)NCC(O)COc1ccc(NC(=O)CN2CCC=C2O)cc1. The molecule has 1 heterocycles. The fourth-order valence-corrected chi connectivity index (χ4v) is 2.38. The number of hydrogen-bond donors (Lipinski definition) is 4. The molecule has 0 radical (unpaired) electrons. The maximum Gasteiger partial charge on any atom is 0.244 e. The number of aliphatic hydroxyl groups excluding tert-OH is 2. The Morgan fingerprint density at radius 3 is 2.64 bits per heavy atom. The van der Waals surface area contributed by atoms with E-state index < -0.39 is 6.10 Å². The highest BCUT2D eigenvalue weighted by atomic mass is 16.5. The summed E-state index contributed by atoms with van der Waals surface area (Å²) in [6, 6.07) is 7.28. The summed E-state index contributed by atoms with van der Waals surface area (Å²) in [6.07, 6.45) is 1.87. The smallest absolute Gasteiger partial charge is 0.244 e. The van der Waals surface area contributed by atoms with Crippen molar-refractivity contribution in [2.24, 2.45) is 0 Å². The molecule has 4 N–H and O–H groups in total. The minimum atomic E-state index is -0.581. The standard InChI is InChI=1S/C18H27N3O4/c1-13(2)19-10-15(22)12-25-16-7-5-14(6-8-16)20-17(23)11-21-9-3-4-18(21)24/h4-8,13,15,19,22,24H,3,9-12H2,1-2H3,(H,20,23). The molecule has 25 heavy (non-hydrogen) atoms. The zero-order chi connectivity index (χ0) is 18.2. The Labute approximate surface area is 148 Å². The van der Waals surface area contributed by atoms with Gasteiger partial charge in [0.1, 0.15) is 18.5 Å². The van der Waals surface area contributed by atoms with E-state index in [2.05, 4.69) is 10.6 Å². The first-order valence-electron chi connectivity index (χ1n) is 8.52. The van der Waals surface area contributed by atoms with E-state index in [1.165, 1.54) is 0 Å². The van der Waals surface area contributed by atoms with Crippen molar-refractivity contribution in [1.29, 1.82) is 0 Å². The van der Waals surface area contributed by atoms with Gasteiger partial charge in [-0.05, 0) is 36.8 Å². The third-order valence-electron chi connectivity index (χ3n) is 3.73. The summed E-state index contributed by atoms with van der Waals surface area (Å²) < 4.78 is 5.53. The summed E-state index contributed by atoms with van der Waals surface area (Å²) in [5.41, 5.74) is 0.655. The third kappa shape index (κ3) is 6.64. The second-order valence-corrected chi connectivity index (χ2v) is 6.37. The lowest BCUT2D eigenvalue weighted by molar-refractivity contribution is -0.117. The van der Waals surface area contributed by atoms with Gasteiger partial charge in [-0.3, -0.25) is 4.79 Å². The first-order chi connectivity index (χ1) is 11.9. The van der Waals surface area contributed by atoms with Crippen molar-refractivity contribution < 1.29 is 19.7 Å². The van der Waals surface area contributed by atoms with Crippen LogP contribution in [0.3, 0.4) is 0 Å². The lowest BCUT2D eigenvalue weighted by Gasteiger charge is -2.17. The van der Waals surface area contributed by atoms with Gasteiger partial charge in [0.15, 0.2) is 5.88 Å². The number of carbonyl (C=O) groups excluding carboxylic acids is 1. The molecule has 0 aromatic heterocycles. The van der Waals surface area contributed by atoms with Crippen molar-refractivity contribution in [3.8, 4) is 5.75 Å². The van der Waals surface area contributed by atoms with Crippen molar-refractivity contribution in [3.63, 3.8) is 0 Å². The van der Waals surface area contributed by atoms with E-state index in [4.69, 9.17) is 4.74 Å². The second-order valence-electron chi connectivity index (χ2n) is 6.37. The van der Waals surface area contributed by atoms with E-state index in [9.17, 15) is 15.0 Å². The third-order valence-corrected chi connectivity index (χ3v) is 3.73. The van der Waals surface area contributed by atoms with Crippen molar-refractivity contribution in [3.05, 3.63) is 36.2 Å². The highest BCUT2D eigenvalue weighted by Crippen LogP contribution is 2.17. The molecule has 7 nitrogen and oxygen atoms in total. The monoisotopic (exact) mass is 349 g/mol. The van der Waals surface area contributed by atoms with Crippen LogP contribution in [0.5, 0.6) is 5.75 Å². The fourth-order valence-electron chi connectivity index (χ4n) is 2.38.